The molecule has 0 saturated heterocycles. The molecule has 0 aliphatic rings. The van der Waals surface area contributed by atoms with Crippen molar-refractivity contribution in [3.63, 3.8) is 0 Å². The Kier molecular flexibility index (Phi) is 7.09. The van der Waals surface area contributed by atoms with Crippen LogP contribution in [0.15, 0.2) is 77.7 Å². The van der Waals surface area contributed by atoms with E-state index < -0.39 is 32.5 Å². The molecule has 3 rings (SSSR count). The Morgan fingerprint density at radius 1 is 0.788 bits per heavy atom. The van der Waals surface area contributed by atoms with Crippen LogP contribution in [0.25, 0.3) is 0 Å². The Hall–Kier alpha value is -3.37. The zero-order valence-electron chi connectivity index (χ0n) is 18.4. The van der Waals surface area contributed by atoms with Crippen LogP contribution in [0.3, 0.4) is 0 Å². The van der Waals surface area contributed by atoms with Crippen molar-refractivity contribution in [2.24, 2.45) is 0 Å². The van der Waals surface area contributed by atoms with Crippen molar-refractivity contribution in [3.8, 4) is 0 Å². The van der Waals surface area contributed by atoms with Crippen LogP contribution >= 0.6 is 0 Å². The molecular formula is C23H25N3O5S2. The maximum atomic E-state index is 12.6. The van der Waals surface area contributed by atoms with Crippen LogP contribution in [0, 0.1) is 13.8 Å². The van der Waals surface area contributed by atoms with Gasteiger partial charge in [-0.15, -0.1) is 0 Å². The van der Waals surface area contributed by atoms with E-state index in [1.807, 2.05) is 6.07 Å². The van der Waals surface area contributed by atoms with Crippen molar-refractivity contribution < 1.29 is 21.6 Å². The van der Waals surface area contributed by atoms with Crippen molar-refractivity contribution in [1.29, 1.82) is 0 Å². The van der Waals surface area contributed by atoms with Gasteiger partial charge in [-0.05, 0) is 61.4 Å². The quantitative estimate of drug-likeness (QED) is 0.505. The maximum Gasteiger partial charge on any atom is 0.261 e. The van der Waals surface area contributed by atoms with Gasteiger partial charge in [0.2, 0.25) is 15.9 Å². The Balaban J connectivity index is 1.75. The fourth-order valence-electron chi connectivity index (χ4n) is 3.33. The number of nitrogens with one attached hydrogen (secondary N) is 2. The molecule has 8 nitrogen and oxygen atoms in total. The predicted molar refractivity (Wildman–Crippen MR) is 130 cm³/mol. The lowest BCUT2D eigenvalue weighted by Gasteiger charge is -2.25. The largest absolute Gasteiger partial charge is 0.325 e. The molecule has 0 fully saturated rings. The highest BCUT2D eigenvalue weighted by atomic mass is 32.2. The van der Waals surface area contributed by atoms with Crippen LogP contribution in [-0.2, 0) is 24.8 Å². The molecule has 0 heterocycles. The van der Waals surface area contributed by atoms with E-state index in [1.54, 1.807) is 56.3 Å². The number of sulfonamides is 2. The van der Waals surface area contributed by atoms with Gasteiger partial charge in [0.15, 0.2) is 0 Å². The molecule has 174 valence electrons. The lowest BCUT2D eigenvalue weighted by Crippen LogP contribution is -2.38. The highest BCUT2D eigenvalue weighted by Crippen LogP contribution is 2.27. The normalized spacial score (nSPS) is 11.6. The topological polar surface area (TPSA) is 113 Å². The standard InChI is InChI=1S/C23H25N3O5S2/c1-17-8-7-9-18(2)23(17)26(32(3,28)29)16-22(27)24-19-12-14-21(15-13-19)33(30,31)25-20-10-5-4-6-11-20/h4-15,25H,16H2,1-3H3,(H,24,27). The van der Waals surface area contributed by atoms with Crippen molar-refractivity contribution in [2.75, 3.05) is 27.1 Å². The number of amides is 1. The van der Waals surface area contributed by atoms with E-state index in [0.29, 0.717) is 17.1 Å². The van der Waals surface area contributed by atoms with Gasteiger partial charge in [-0.2, -0.15) is 0 Å². The molecule has 0 radical (unpaired) electrons. The molecule has 2 N–H and O–H groups in total. The molecule has 0 aliphatic carbocycles. The first kappa shape index (κ1) is 24.3. The molecule has 0 atom stereocenters. The van der Waals surface area contributed by atoms with E-state index in [4.69, 9.17) is 0 Å². The minimum absolute atomic E-state index is 0.0256. The number of para-hydroxylation sites is 2. The van der Waals surface area contributed by atoms with Gasteiger partial charge in [0, 0.05) is 11.4 Å². The average molecular weight is 488 g/mol. The van der Waals surface area contributed by atoms with E-state index in [9.17, 15) is 21.6 Å². The number of carbonyl (C=O) groups is 1. The number of anilines is 3. The lowest BCUT2D eigenvalue weighted by atomic mass is 10.1. The summed E-state index contributed by atoms with van der Waals surface area (Å²) in [4.78, 5) is 12.7. The van der Waals surface area contributed by atoms with Crippen LogP contribution in [0.4, 0.5) is 17.1 Å². The predicted octanol–water partition coefficient (Wildman–Crippen LogP) is 3.51. The van der Waals surface area contributed by atoms with Crippen molar-refractivity contribution in [1.82, 2.24) is 0 Å². The third-order valence-electron chi connectivity index (χ3n) is 4.85. The molecule has 0 spiro atoms. The smallest absolute Gasteiger partial charge is 0.261 e. The third kappa shape index (κ3) is 6.11. The molecule has 33 heavy (non-hydrogen) atoms. The van der Waals surface area contributed by atoms with Gasteiger partial charge in [-0.1, -0.05) is 36.4 Å². The average Bonchev–Trinajstić information content (AvgIpc) is 2.73. The van der Waals surface area contributed by atoms with E-state index in [0.717, 1.165) is 21.7 Å². The van der Waals surface area contributed by atoms with E-state index >= 15 is 0 Å². The molecule has 3 aromatic carbocycles. The number of hydrogen-bond acceptors (Lipinski definition) is 5. The zero-order valence-corrected chi connectivity index (χ0v) is 20.1. The number of rotatable bonds is 8. The minimum atomic E-state index is -3.79. The van der Waals surface area contributed by atoms with Gasteiger partial charge >= 0.3 is 0 Å². The molecule has 0 aromatic heterocycles. The van der Waals surface area contributed by atoms with E-state index in [2.05, 4.69) is 10.0 Å². The molecule has 3 aromatic rings. The summed E-state index contributed by atoms with van der Waals surface area (Å²) in [6.07, 6.45) is 1.05. The summed E-state index contributed by atoms with van der Waals surface area (Å²) in [7, 11) is -7.51. The second-order valence-corrected chi connectivity index (χ2v) is 11.1. The van der Waals surface area contributed by atoms with Gasteiger partial charge in [0.05, 0.1) is 16.8 Å². The Morgan fingerprint density at radius 3 is 1.91 bits per heavy atom. The first-order valence-corrected chi connectivity index (χ1v) is 13.3. The van der Waals surface area contributed by atoms with Crippen LogP contribution < -0.4 is 14.3 Å². The van der Waals surface area contributed by atoms with Gasteiger partial charge in [0.25, 0.3) is 10.0 Å². The Labute approximate surface area is 194 Å². The van der Waals surface area contributed by atoms with E-state index in [-0.39, 0.29) is 4.90 Å². The zero-order chi connectivity index (χ0) is 24.2. The van der Waals surface area contributed by atoms with Crippen LogP contribution in [0.2, 0.25) is 0 Å². The van der Waals surface area contributed by atoms with Crippen LogP contribution in [0.5, 0.6) is 0 Å². The number of carbonyl (C=O) groups excluding carboxylic acids is 1. The molecule has 0 bridgehead atoms. The monoisotopic (exact) mass is 487 g/mol. The van der Waals surface area contributed by atoms with Crippen molar-refractivity contribution in [3.05, 3.63) is 83.9 Å². The van der Waals surface area contributed by atoms with E-state index in [1.165, 1.54) is 24.3 Å². The lowest BCUT2D eigenvalue weighted by molar-refractivity contribution is -0.114. The summed E-state index contributed by atoms with van der Waals surface area (Å²) in [6, 6.07) is 19.5. The van der Waals surface area contributed by atoms with Crippen molar-refractivity contribution >= 4 is 43.0 Å². The number of benzene rings is 3. The molecule has 0 unspecified atom stereocenters. The summed E-state index contributed by atoms with van der Waals surface area (Å²) in [6.45, 7) is 3.14. The SMILES string of the molecule is Cc1cccc(C)c1N(CC(=O)Nc1ccc(S(=O)(=O)Nc2ccccc2)cc1)S(C)(=O)=O. The van der Waals surface area contributed by atoms with Gasteiger partial charge in [-0.3, -0.25) is 13.8 Å². The summed E-state index contributed by atoms with van der Waals surface area (Å²) < 4.78 is 53.4. The second-order valence-electron chi connectivity index (χ2n) is 7.55. The first-order valence-electron chi connectivity index (χ1n) is 9.99. The summed E-state index contributed by atoms with van der Waals surface area (Å²) in [5.74, 6) is -0.555. The molecule has 1 amide bonds. The third-order valence-corrected chi connectivity index (χ3v) is 7.36. The molecular weight excluding hydrogens is 462 g/mol. The van der Waals surface area contributed by atoms with Gasteiger partial charge in [0.1, 0.15) is 6.54 Å². The molecule has 0 saturated carbocycles. The van der Waals surface area contributed by atoms with Gasteiger partial charge < -0.3 is 5.32 Å². The van der Waals surface area contributed by atoms with Gasteiger partial charge in [-0.25, -0.2) is 16.8 Å². The second kappa shape index (κ2) is 9.63. The highest BCUT2D eigenvalue weighted by molar-refractivity contribution is 7.92. The number of nitrogens with zero attached hydrogens (tertiary/aromatic N) is 1. The first-order chi connectivity index (χ1) is 15.5. The number of hydrogen-bond donors (Lipinski definition) is 2. The Morgan fingerprint density at radius 2 is 1.36 bits per heavy atom. The van der Waals surface area contributed by atoms with Crippen molar-refractivity contribution in [2.45, 2.75) is 18.7 Å². The summed E-state index contributed by atoms with van der Waals surface area (Å²) in [5.41, 5.74) is 2.70. The summed E-state index contributed by atoms with van der Waals surface area (Å²) in [5, 5.41) is 2.62. The maximum absolute atomic E-state index is 12.6. The van der Waals surface area contributed by atoms with Crippen LogP contribution in [0.1, 0.15) is 11.1 Å². The molecule has 0 aliphatic heterocycles. The minimum Gasteiger partial charge on any atom is -0.325 e. The Bertz CT molecular complexity index is 1330. The fraction of sp³-hybridized carbons (Fsp3) is 0.174. The summed E-state index contributed by atoms with van der Waals surface area (Å²) >= 11 is 0. The fourth-order valence-corrected chi connectivity index (χ4v) is 5.36. The molecule has 10 heteroatoms. The number of aryl methyl sites for hydroxylation is 2. The highest BCUT2D eigenvalue weighted by Gasteiger charge is 2.24. The van der Waals surface area contributed by atoms with Crippen LogP contribution in [-0.4, -0.2) is 35.5 Å².